The quantitative estimate of drug-likeness (QED) is 0.735. The van der Waals surface area contributed by atoms with Crippen LogP contribution >= 0.6 is 12.2 Å². The number of nitrogens with zero attached hydrogens (tertiary/aromatic N) is 1. The number of nitrogens with one attached hydrogen (secondary N) is 1. The summed E-state index contributed by atoms with van der Waals surface area (Å²) in [6, 6.07) is 0. The largest absolute Gasteiger partial charge is 0.393 e. The van der Waals surface area contributed by atoms with Crippen molar-refractivity contribution in [3.8, 4) is 0 Å². The summed E-state index contributed by atoms with van der Waals surface area (Å²) in [5.41, 5.74) is 6.92. The van der Waals surface area contributed by atoms with Crippen LogP contribution in [-0.4, -0.2) is 16.1 Å². The highest BCUT2D eigenvalue weighted by molar-refractivity contribution is 7.80. The number of carbonyl (C=O) groups is 1. The minimum absolute atomic E-state index is 0.0682. The Kier molecular flexibility index (Phi) is 3.79. The van der Waals surface area contributed by atoms with E-state index in [0.29, 0.717) is 12.3 Å². The number of carbonyl (C=O) groups excluding carboxylic acids is 1. The fourth-order valence-electron chi connectivity index (χ4n) is 1.16. The van der Waals surface area contributed by atoms with Crippen LogP contribution in [0.25, 0.3) is 0 Å². The Morgan fingerprint density at radius 1 is 1.60 bits per heavy atom. The highest BCUT2D eigenvalue weighted by Gasteiger charge is 2.10. The van der Waals surface area contributed by atoms with Gasteiger partial charge >= 0.3 is 0 Å². The van der Waals surface area contributed by atoms with Crippen molar-refractivity contribution in [3.63, 3.8) is 0 Å². The van der Waals surface area contributed by atoms with Crippen molar-refractivity contribution in [2.24, 2.45) is 5.73 Å². The molecule has 0 aliphatic rings. The SMILES string of the molecule is Cc1noc(C)c1CNC(=O)CC(N)=S. The van der Waals surface area contributed by atoms with Crippen LogP contribution in [0.5, 0.6) is 0 Å². The van der Waals surface area contributed by atoms with Gasteiger partial charge in [-0.05, 0) is 13.8 Å². The van der Waals surface area contributed by atoms with Crippen molar-refractivity contribution in [2.45, 2.75) is 26.8 Å². The number of hydrogen-bond donors (Lipinski definition) is 2. The maximum absolute atomic E-state index is 11.2. The van der Waals surface area contributed by atoms with Crippen LogP contribution in [0, 0.1) is 13.8 Å². The van der Waals surface area contributed by atoms with Gasteiger partial charge in [-0.2, -0.15) is 0 Å². The van der Waals surface area contributed by atoms with Gasteiger partial charge in [0.1, 0.15) is 5.76 Å². The normalized spacial score (nSPS) is 10.0. The lowest BCUT2D eigenvalue weighted by atomic mass is 10.2. The van der Waals surface area contributed by atoms with Gasteiger partial charge in [0.15, 0.2) is 0 Å². The van der Waals surface area contributed by atoms with Crippen molar-refractivity contribution in [1.82, 2.24) is 10.5 Å². The minimum atomic E-state index is -0.192. The van der Waals surface area contributed by atoms with Gasteiger partial charge in [-0.1, -0.05) is 17.4 Å². The molecule has 0 unspecified atom stereocenters. The molecule has 15 heavy (non-hydrogen) atoms. The second kappa shape index (κ2) is 4.88. The molecule has 1 aromatic rings. The highest BCUT2D eigenvalue weighted by atomic mass is 32.1. The zero-order chi connectivity index (χ0) is 11.4. The highest BCUT2D eigenvalue weighted by Crippen LogP contribution is 2.11. The van der Waals surface area contributed by atoms with E-state index in [4.69, 9.17) is 10.3 Å². The first kappa shape index (κ1) is 11.6. The fraction of sp³-hybridized carbons (Fsp3) is 0.444. The maximum atomic E-state index is 11.2. The fourth-order valence-corrected chi connectivity index (χ4v) is 1.29. The molecule has 0 spiro atoms. The molecule has 0 saturated carbocycles. The van der Waals surface area contributed by atoms with E-state index in [2.05, 4.69) is 22.7 Å². The summed E-state index contributed by atoms with van der Waals surface area (Å²) < 4.78 is 4.96. The minimum Gasteiger partial charge on any atom is -0.393 e. The van der Waals surface area contributed by atoms with Gasteiger partial charge in [0.05, 0.1) is 17.1 Å². The lowest BCUT2D eigenvalue weighted by molar-refractivity contribution is -0.120. The Morgan fingerprint density at radius 3 is 2.73 bits per heavy atom. The molecule has 1 rings (SSSR count). The van der Waals surface area contributed by atoms with Crippen LogP contribution in [0.3, 0.4) is 0 Å². The topological polar surface area (TPSA) is 81.2 Å². The van der Waals surface area contributed by atoms with Crippen molar-refractivity contribution >= 4 is 23.1 Å². The van der Waals surface area contributed by atoms with Gasteiger partial charge in [-0.15, -0.1) is 0 Å². The van der Waals surface area contributed by atoms with Crippen molar-refractivity contribution in [3.05, 3.63) is 17.0 Å². The van der Waals surface area contributed by atoms with Crippen LogP contribution in [0.15, 0.2) is 4.52 Å². The second-order valence-corrected chi connectivity index (χ2v) is 3.75. The van der Waals surface area contributed by atoms with E-state index in [1.54, 1.807) is 6.92 Å². The molecule has 0 atom stereocenters. The lowest BCUT2D eigenvalue weighted by Gasteiger charge is -2.03. The summed E-state index contributed by atoms with van der Waals surface area (Å²) >= 11 is 4.62. The van der Waals surface area contributed by atoms with Crippen LogP contribution in [0.4, 0.5) is 0 Å². The third kappa shape index (κ3) is 3.32. The van der Waals surface area contributed by atoms with E-state index in [-0.39, 0.29) is 17.3 Å². The molecule has 0 aromatic carbocycles. The van der Waals surface area contributed by atoms with Crippen LogP contribution < -0.4 is 11.1 Å². The second-order valence-electron chi connectivity index (χ2n) is 3.22. The van der Waals surface area contributed by atoms with E-state index >= 15 is 0 Å². The molecule has 3 N–H and O–H groups in total. The zero-order valence-electron chi connectivity index (χ0n) is 8.66. The molecule has 5 nitrogen and oxygen atoms in total. The Labute approximate surface area is 93.0 Å². The molecular weight excluding hydrogens is 214 g/mol. The van der Waals surface area contributed by atoms with E-state index in [1.807, 2.05) is 6.92 Å². The first-order valence-corrected chi connectivity index (χ1v) is 4.88. The van der Waals surface area contributed by atoms with E-state index < -0.39 is 0 Å². The molecule has 1 heterocycles. The van der Waals surface area contributed by atoms with Crippen molar-refractivity contribution < 1.29 is 9.32 Å². The molecule has 1 amide bonds. The maximum Gasteiger partial charge on any atom is 0.227 e. The third-order valence-corrected chi connectivity index (χ3v) is 2.12. The van der Waals surface area contributed by atoms with Gasteiger partial charge in [-0.25, -0.2) is 0 Å². The molecule has 0 saturated heterocycles. The van der Waals surface area contributed by atoms with Gasteiger partial charge in [0.25, 0.3) is 0 Å². The molecular formula is C9H13N3O2S. The Hall–Kier alpha value is -1.43. The zero-order valence-corrected chi connectivity index (χ0v) is 9.48. The number of aryl methyl sites for hydroxylation is 2. The molecule has 0 radical (unpaired) electrons. The number of amides is 1. The van der Waals surface area contributed by atoms with Crippen LogP contribution in [0.1, 0.15) is 23.4 Å². The number of aromatic nitrogens is 1. The van der Waals surface area contributed by atoms with Gasteiger partial charge in [-0.3, -0.25) is 4.79 Å². The summed E-state index contributed by atoms with van der Waals surface area (Å²) in [5.74, 6) is 0.519. The Morgan fingerprint density at radius 2 is 2.27 bits per heavy atom. The van der Waals surface area contributed by atoms with Gasteiger partial charge in [0.2, 0.25) is 5.91 Å². The Balaban J connectivity index is 2.50. The van der Waals surface area contributed by atoms with Crippen LogP contribution in [-0.2, 0) is 11.3 Å². The molecule has 0 aliphatic heterocycles. The smallest absolute Gasteiger partial charge is 0.227 e. The molecule has 6 heteroatoms. The summed E-state index contributed by atoms with van der Waals surface area (Å²) in [5, 5.41) is 6.47. The average Bonchev–Trinajstić information content (AvgIpc) is 2.42. The lowest BCUT2D eigenvalue weighted by Crippen LogP contribution is -2.27. The van der Waals surface area contributed by atoms with Gasteiger partial charge in [0, 0.05) is 12.1 Å². The predicted octanol–water partition coefficient (Wildman–Crippen LogP) is 0.584. The first-order valence-electron chi connectivity index (χ1n) is 4.47. The molecule has 0 aliphatic carbocycles. The van der Waals surface area contributed by atoms with E-state index in [0.717, 1.165) is 11.3 Å². The number of thiocarbonyl (C=S) groups is 1. The monoisotopic (exact) mass is 227 g/mol. The molecule has 1 aromatic heterocycles. The standard InChI is InChI=1S/C9H13N3O2S/c1-5-7(6(2)14-12-5)4-11-9(13)3-8(10)15/h3-4H2,1-2H3,(H2,10,15)(H,11,13). The molecule has 0 fully saturated rings. The van der Waals surface area contributed by atoms with Crippen LogP contribution in [0.2, 0.25) is 0 Å². The predicted molar refractivity (Wildman–Crippen MR) is 59.2 cm³/mol. The molecule has 82 valence electrons. The van der Waals surface area contributed by atoms with E-state index in [1.165, 1.54) is 0 Å². The summed E-state index contributed by atoms with van der Waals surface area (Å²) in [4.78, 5) is 11.4. The van der Waals surface area contributed by atoms with Crippen molar-refractivity contribution in [1.29, 1.82) is 0 Å². The Bertz CT molecular complexity index is 367. The number of nitrogens with two attached hydrogens (primary N) is 1. The van der Waals surface area contributed by atoms with Crippen molar-refractivity contribution in [2.75, 3.05) is 0 Å². The number of hydrogen-bond acceptors (Lipinski definition) is 4. The average molecular weight is 227 g/mol. The summed E-state index contributed by atoms with van der Waals surface area (Å²) in [6.07, 6.45) is 0.0682. The third-order valence-electron chi connectivity index (χ3n) is 1.98. The summed E-state index contributed by atoms with van der Waals surface area (Å²) in [7, 11) is 0. The summed E-state index contributed by atoms with van der Waals surface area (Å²) in [6.45, 7) is 4.02. The molecule has 0 bridgehead atoms. The first-order chi connectivity index (χ1) is 7.00. The van der Waals surface area contributed by atoms with Gasteiger partial charge < -0.3 is 15.6 Å². The van der Waals surface area contributed by atoms with E-state index in [9.17, 15) is 4.79 Å². The number of rotatable bonds is 4.